The fourth-order valence-electron chi connectivity index (χ4n) is 4.08. The number of carbonyl (C=O) groups excluding carboxylic acids is 1. The highest BCUT2D eigenvalue weighted by Crippen LogP contribution is 2.28. The molecule has 33 heavy (non-hydrogen) atoms. The average Bonchev–Trinajstić information content (AvgIpc) is 2.83. The number of likely N-dealkylation sites (tertiary alicyclic amines) is 1. The van der Waals surface area contributed by atoms with Gasteiger partial charge in [-0.1, -0.05) is 18.2 Å². The van der Waals surface area contributed by atoms with Crippen LogP contribution in [0.15, 0.2) is 54.9 Å². The molecule has 1 amide bonds. The lowest BCUT2D eigenvalue weighted by atomic mass is 9.93. The summed E-state index contributed by atoms with van der Waals surface area (Å²) in [6.45, 7) is 3.23. The number of pyridine rings is 1. The van der Waals surface area contributed by atoms with Gasteiger partial charge in [-0.2, -0.15) is 0 Å². The van der Waals surface area contributed by atoms with Crippen molar-refractivity contribution in [2.24, 2.45) is 0 Å². The van der Waals surface area contributed by atoms with Crippen LogP contribution in [0.2, 0.25) is 0 Å². The molecule has 8 heteroatoms. The highest BCUT2D eigenvalue weighted by Gasteiger charge is 2.25. The summed E-state index contributed by atoms with van der Waals surface area (Å²) in [5.74, 6) is 1.30. The molecule has 0 unspecified atom stereocenters. The Kier molecular flexibility index (Phi) is 7.24. The van der Waals surface area contributed by atoms with Gasteiger partial charge in [0.25, 0.3) is 0 Å². The Morgan fingerprint density at radius 3 is 2.61 bits per heavy atom. The van der Waals surface area contributed by atoms with Crippen LogP contribution in [0.5, 0.6) is 0 Å². The summed E-state index contributed by atoms with van der Waals surface area (Å²) in [7, 11) is 0. The third kappa shape index (κ3) is 6.10. The molecule has 1 aromatic carbocycles. The van der Waals surface area contributed by atoms with Crippen LogP contribution in [0.25, 0.3) is 0 Å². The number of benzene rings is 1. The summed E-state index contributed by atoms with van der Waals surface area (Å²) in [4.78, 5) is 28.0. The van der Waals surface area contributed by atoms with Crippen LogP contribution in [0.1, 0.15) is 54.7 Å². The monoisotopic (exact) mass is 449 g/mol. The van der Waals surface area contributed by atoms with Gasteiger partial charge < -0.3 is 15.3 Å². The molecule has 0 aliphatic carbocycles. The zero-order valence-electron chi connectivity index (χ0n) is 18.6. The second-order valence-corrected chi connectivity index (χ2v) is 8.38. The normalized spacial score (nSPS) is 15.3. The molecule has 1 fully saturated rings. The number of aryl methyl sites for hydroxylation is 1. The zero-order chi connectivity index (χ0) is 23.2. The number of anilines is 2. The first-order chi connectivity index (χ1) is 16.0. The van der Waals surface area contributed by atoms with E-state index in [2.05, 4.69) is 15.3 Å². The molecule has 2 aromatic heterocycles. The largest absolute Gasteiger partial charge is 0.388 e. The number of aromatic nitrogens is 3. The Morgan fingerprint density at radius 1 is 1.12 bits per heavy atom. The number of rotatable bonds is 7. The van der Waals surface area contributed by atoms with E-state index in [1.165, 1.54) is 12.1 Å². The highest BCUT2D eigenvalue weighted by atomic mass is 19.1. The van der Waals surface area contributed by atoms with Gasteiger partial charge in [0.1, 0.15) is 17.5 Å². The van der Waals surface area contributed by atoms with Gasteiger partial charge in [-0.25, -0.2) is 14.4 Å². The molecule has 2 N–H and O–H groups in total. The maximum Gasteiger partial charge on any atom is 0.222 e. The first-order valence-corrected chi connectivity index (χ1v) is 11.2. The van der Waals surface area contributed by atoms with Gasteiger partial charge in [-0.3, -0.25) is 9.78 Å². The fraction of sp³-hybridized carbons (Fsp3) is 0.360. The Hall–Kier alpha value is -3.39. The third-order valence-corrected chi connectivity index (χ3v) is 5.95. The minimum absolute atomic E-state index is 0.0293. The van der Waals surface area contributed by atoms with Crippen LogP contribution in [-0.2, 0) is 4.79 Å². The van der Waals surface area contributed by atoms with E-state index >= 15 is 0 Å². The predicted molar refractivity (Wildman–Crippen MR) is 123 cm³/mol. The molecule has 0 saturated carbocycles. The van der Waals surface area contributed by atoms with Crippen molar-refractivity contribution in [3.05, 3.63) is 77.6 Å². The van der Waals surface area contributed by atoms with Crippen LogP contribution in [0.4, 0.5) is 16.0 Å². The van der Waals surface area contributed by atoms with E-state index in [0.29, 0.717) is 30.9 Å². The molecular formula is C25H28FN5O2. The SMILES string of the molecule is Cc1cccc(Nc2cncc(C3CCN(C(=O)CC[C@@H](O)c4ccc(F)cc4)CC3)n2)n1. The number of piperidine rings is 1. The second-order valence-electron chi connectivity index (χ2n) is 8.38. The second kappa shape index (κ2) is 10.5. The van der Waals surface area contributed by atoms with Gasteiger partial charge in [0.2, 0.25) is 5.91 Å². The van der Waals surface area contributed by atoms with Crippen molar-refractivity contribution in [1.29, 1.82) is 0 Å². The first-order valence-electron chi connectivity index (χ1n) is 11.2. The van der Waals surface area contributed by atoms with Crippen LogP contribution >= 0.6 is 0 Å². The lowest BCUT2D eigenvalue weighted by Gasteiger charge is -2.32. The number of nitrogens with one attached hydrogen (secondary N) is 1. The molecule has 4 rings (SSSR count). The van der Waals surface area contributed by atoms with Crippen molar-refractivity contribution in [2.45, 2.75) is 44.6 Å². The van der Waals surface area contributed by atoms with Crippen molar-refractivity contribution in [3.8, 4) is 0 Å². The Bertz CT molecular complexity index is 1080. The van der Waals surface area contributed by atoms with Gasteiger partial charge in [0, 0.05) is 37.3 Å². The van der Waals surface area contributed by atoms with Crippen molar-refractivity contribution >= 4 is 17.5 Å². The smallest absolute Gasteiger partial charge is 0.222 e. The summed E-state index contributed by atoms with van der Waals surface area (Å²) in [5.41, 5.74) is 2.45. The fourth-order valence-corrected chi connectivity index (χ4v) is 4.08. The number of nitrogens with zero attached hydrogens (tertiary/aromatic N) is 4. The van der Waals surface area contributed by atoms with E-state index in [9.17, 15) is 14.3 Å². The Labute approximate surface area is 192 Å². The number of hydrogen-bond acceptors (Lipinski definition) is 6. The van der Waals surface area contributed by atoms with Gasteiger partial charge in [-0.15, -0.1) is 0 Å². The summed E-state index contributed by atoms with van der Waals surface area (Å²) in [6, 6.07) is 11.5. The molecule has 3 aromatic rings. The zero-order valence-corrected chi connectivity index (χ0v) is 18.6. The van der Waals surface area contributed by atoms with Crippen molar-refractivity contribution in [1.82, 2.24) is 19.9 Å². The highest BCUT2D eigenvalue weighted by molar-refractivity contribution is 5.76. The summed E-state index contributed by atoms with van der Waals surface area (Å²) in [5, 5.41) is 13.5. The maximum atomic E-state index is 13.0. The van der Waals surface area contributed by atoms with Crippen LogP contribution in [0, 0.1) is 12.7 Å². The van der Waals surface area contributed by atoms with Crippen LogP contribution in [0.3, 0.4) is 0 Å². The topological polar surface area (TPSA) is 91.2 Å². The molecule has 1 saturated heterocycles. The van der Waals surface area contributed by atoms with Crippen LogP contribution < -0.4 is 5.32 Å². The number of aliphatic hydroxyl groups is 1. The lowest BCUT2D eigenvalue weighted by molar-refractivity contribution is -0.132. The number of amides is 1. The summed E-state index contributed by atoms with van der Waals surface area (Å²) >= 11 is 0. The van der Waals surface area contributed by atoms with Gasteiger partial charge in [-0.05, 0) is 56.0 Å². The molecule has 7 nitrogen and oxygen atoms in total. The maximum absolute atomic E-state index is 13.0. The lowest BCUT2D eigenvalue weighted by Crippen LogP contribution is -2.38. The van der Waals surface area contributed by atoms with Gasteiger partial charge in [0.05, 0.1) is 18.0 Å². The molecule has 1 atom stereocenters. The Balaban J connectivity index is 1.27. The number of hydrogen-bond donors (Lipinski definition) is 2. The Morgan fingerprint density at radius 2 is 1.88 bits per heavy atom. The van der Waals surface area contributed by atoms with Crippen LogP contribution in [-0.4, -0.2) is 44.0 Å². The predicted octanol–water partition coefficient (Wildman–Crippen LogP) is 4.28. The number of halogens is 1. The third-order valence-electron chi connectivity index (χ3n) is 5.95. The quantitative estimate of drug-likeness (QED) is 0.559. The van der Waals surface area contributed by atoms with E-state index in [1.54, 1.807) is 24.5 Å². The molecule has 1 aliphatic rings. The minimum Gasteiger partial charge on any atom is -0.388 e. The summed E-state index contributed by atoms with van der Waals surface area (Å²) < 4.78 is 13.0. The van der Waals surface area contributed by atoms with E-state index in [1.807, 2.05) is 30.0 Å². The van der Waals surface area contributed by atoms with Crippen molar-refractivity contribution in [3.63, 3.8) is 0 Å². The molecule has 0 bridgehead atoms. The molecular weight excluding hydrogens is 421 g/mol. The van der Waals surface area contributed by atoms with Gasteiger partial charge >= 0.3 is 0 Å². The minimum atomic E-state index is -0.777. The first kappa shape index (κ1) is 22.8. The molecule has 0 spiro atoms. The van der Waals surface area contributed by atoms with Crippen molar-refractivity contribution < 1.29 is 14.3 Å². The average molecular weight is 450 g/mol. The molecule has 1 aliphatic heterocycles. The van der Waals surface area contributed by atoms with E-state index < -0.39 is 6.10 Å². The van der Waals surface area contributed by atoms with E-state index in [4.69, 9.17) is 4.98 Å². The number of carbonyl (C=O) groups is 1. The van der Waals surface area contributed by atoms with Gasteiger partial charge in [0.15, 0.2) is 0 Å². The molecule has 172 valence electrons. The van der Waals surface area contributed by atoms with E-state index in [0.717, 1.165) is 30.0 Å². The van der Waals surface area contributed by atoms with E-state index in [-0.39, 0.29) is 24.1 Å². The molecule has 0 radical (unpaired) electrons. The number of aliphatic hydroxyl groups excluding tert-OH is 1. The standard InChI is InChI=1S/C25H28FN5O2/c1-17-3-2-4-23(28-17)30-24-16-27-15-21(29-24)18-11-13-31(14-12-18)25(33)10-9-22(32)19-5-7-20(26)8-6-19/h2-8,15-16,18,22,32H,9-14H2,1H3,(H,28,29,30)/t22-/m1/s1. The summed E-state index contributed by atoms with van der Waals surface area (Å²) in [6.07, 6.45) is 4.89. The molecule has 3 heterocycles. The van der Waals surface area contributed by atoms with Crippen molar-refractivity contribution in [2.75, 3.05) is 18.4 Å².